The van der Waals surface area contributed by atoms with Crippen LogP contribution >= 0.6 is 0 Å². The highest BCUT2D eigenvalue weighted by atomic mass is 16.3. The summed E-state index contributed by atoms with van der Waals surface area (Å²) >= 11 is 0. The van der Waals surface area contributed by atoms with Crippen LogP contribution in [-0.4, -0.2) is 15.0 Å². The molecule has 0 spiro atoms. The summed E-state index contributed by atoms with van der Waals surface area (Å²) in [6.07, 6.45) is 6.17. The van der Waals surface area contributed by atoms with Gasteiger partial charge in [-0.05, 0) is 101 Å². The van der Waals surface area contributed by atoms with Crippen LogP contribution < -0.4 is 0 Å². The third kappa shape index (κ3) is 8.59. The summed E-state index contributed by atoms with van der Waals surface area (Å²) in [5.74, 6) is 2.22. The first-order chi connectivity index (χ1) is 23.1. The Labute approximate surface area is 282 Å². The molecule has 0 fully saturated rings. The zero-order chi connectivity index (χ0) is 34.2. The molecule has 0 unspecified atom stereocenters. The predicted molar refractivity (Wildman–Crippen MR) is 195 cm³/mol. The minimum Gasteiger partial charge on any atom is -0.464 e. The Balaban J connectivity index is 0.000000125. The maximum absolute atomic E-state index is 5.25. The predicted octanol–water partition coefficient (Wildman–Crippen LogP) is 12.4. The standard InChI is InChI=1S/C11H12O.3C10H11NO/c1-8(2)9-3-4-11-10(7-9)5-6-12-11;1-7(2)8-3-4-10-9(5-8)11-6-12-10;2*1-7(2)8-3-4-9-10(5-8)12-6-11-9/h3-8H,1-2H3;3*3-7H,1-2H3. The van der Waals surface area contributed by atoms with Crippen molar-refractivity contribution in [2.24, 2.45) is 0 Å². The van der Waals surface area contributed by atoms with Gasteiger partial charge in [0.25, 0.3) is 0 Å². The van der Waals surface area contributed by atoms with Gasteiger partial charge in [-0.1, -0.05) is 79.7 Å². The number of furan rings is 1. The second kappa shape index (κ2) is 15.6. The number of oxazole rings is 3. The summed E-state index contributed by atoms with van der Waals surface area (Å²) in [5.41, 5.74) is 11.6. The zero-order valence-electron chi connectivity index (χ0n) is 29.1. The second-order valence-corrected chi connectivity index (χ2v) is 13.1. The summed E-state index contributed by atoms with van der Waals surface area (Å²) in [6, 6.07) is 26.7. The average Bonchev–Trinajstić information content (AvgIpc) is 3.91. The Hall–Kier alpha value is -5.17. The molecule has 0 radical (unpaired) electrons. The van der Waals surface area contributed by atoms with Gasteiger partial charge < -0.3 is 17.7 Å². The van der Waals surface area contributed by atoms with Gasteiger partial charge in [-0.2, -0.15) is 0 Å². The van der Waals surface area contributed by atoms with Crippen LogP contribution in [0.2, 0.25) is 0 Å². The maximum Gasteiger partial charge on any atom is 0.181 e. The van der Waals surface area contributed by atoms with E-state index in [0.717, 1.165) is 38.9 Å². The first-order valence-electron chi connectivity index (χ1n) is 16.6. The lowest BCUT2D eigenvalue weighted by Gasteiger charge is -2.03. The molecule has 7 nitrogen and oxygen atoms in total. The smallest absolute Gasteiger partial charge is 0.181 e. The van der Waals surface area contributed by atoms with Gasteiger partial charge >= 0.3 is 0 Å². The highest BCUT2D eigenvalue weighted by Crippen LogP contribution is 2.23. The fraction of sp³-hybridized carbons (Fsp3) is 0.293. The molecule has 0 amide bonds. The van der Waals surface area contributed by atoms with Gasteiger partial charge in [-0.3, -0.25) is 0 Å². The summed E-state index contributed by atoms with van der Waals surface area (Å²) in [6.45, 7) is 17.4. The molecule has 0 aliphatic carbocycles. The van der Waals surface area contributed by atoms with Crippen LogP contribution in [0.15, 0.2) is 122 Å². The first kappa shape index (κ1) is 34.2. The molecule has 0 atom stereocenters. The highest BCUT2D eigenvalue weighted by Gasteiger charge is 2.05. The normalized spacial score (nSPS) is 11.2. The van der Waals surface area contributed by atoms with Gasteiger partial charge in [-0.25, -0.2) is 15.0 Å². The minimum absolute atomic E-state index is 0.541. The Morgan fingerprint density at radius 2 is 0.792 bits per heavy atom. The van der Waals surface area contributed by atoms with E-state index in [0.29, 0.717) is 23.7 Å². The van der Waals surface area contributed by atoms with E-state index in [1.807, 2.05) is 42.5 Å². The van der Waals surface area contributed by atoms with Crippen molar-refractivity contribution in [3.05, 3.63) is 127 Å². The van der Waals surface area contributed by atoms with E-state index in [2.05, 4.69) is 107 Å². The molecule has 8 aromatic rings. The van der Waals surface area contributed by atoms with Crippen molar-refractivity contribution >= 4 is 44.3 Å². The van der Waals surface area contributed by atoms with Gasteiger partial charge in [0.15, 0.2) is 35.9 Å². The molecule has 0 aliphatic heterocycles. The number of rotatable bonds is 4. The van der Waals surface area contributed by atoms with Crippen LogP contribution in [0.5, 0.6) is 0 Å². The van der Waals surface area contributed by atoms with E-state index in [1.54, 1.807) is 6.26 Å². The van der Waals surface area contributed by atoms with Gasteiger partial charge in [-0.15, -0.1) is 0 Å². The van der Waals surface area contributed by atoms with Crippen LogP contribution in [0, 0.1) is 0 Å². The molecule has 0 N–H and O–H groups in total. The summed E-state index contributed by atoms with van der Waals surface area (Å²) in [5, 5.41) is 1.20. The Bertz CT molecular complexity index is 1870. The van der Waals surface area contributed by atoms with Crippen molar-refractivity contribution in [2.45, 2.75) is 79.1 Å². The topological polar surface area (TPSA) is 91.2 Å². The summed E-state index contributed by atoms with van der Waals surface area (Å²) in [4.78, 5) is 12.2. The minimum atomic E-state index is 0.541. The van der Waals surface area contributed by atoms with E-state index >= 15 is 0 Å². The molecule has 4 heterocycles. The zero-order valence-corrected chi connectivity index (χ0v) is 29.1. The van der Waals surface area contributed by atoms with Crippen molar-refractivity contribution in [2.75, 3.05) is 0 Å². The molecule has 0 saturated heterocycles. The molecular formula is C41H45N3O4. The molecule has 0 bridgehead atoms. The van der Waals surface area contributed by atoms with Crippen LogP contribution in [-0.2, 0) is 0 Å². The lowest BCUT2D eigenvalue weighted by Crippen LogP contribution is -1.85. The van der Waals surface area contributed by atoms with Gasteiger partial charge in [0, 0.05) is 5.39 Å². The number of benzene rings is 4. The van der Waals surface area contributed by atoms with Gasteiger partial charge in [0.05, 0.1) is 6.26 Å². The maximum atomic E-state index is 5.25. The number of hydrogen-bond acceptors (Lipinski definition) is 7. The number of fused-ring (bicyclic) bond motifs is 4. The SMILES string of the molecule is CC(C)c1ccc2ncoc2c1.CC(C)c1ccc2ncoc2c1.CC(C)c1ccc2occc2c1.CC(C)c1ccc2ocnc2c1. The average molecular weight is 644 g/mol. The van der Waals surface area contributed by atoms with Crippen molar-refractivity contribution in [3.63, 3.8) is 0 Å². The van der Waals surface area contributed by atoms with Crippen molar-refractivity contribution in [1.29, 1.82) is 0 Å². The monoisotopic (exact) mass is 643 g/mol. The van der Waals surface area contributed by atoms with E-state index in [4.69, 9.17) is 17.7 Å². The molecule has 248 valence electrons. The largest absolute Gasteiger partial charge is 0.464 e. The quantitative estimate of drug-likeness (QED) is 0.188. The highest BCUT2D eigenvalue weighted by molar-refractivity contribution is 5.78. The van der Waals surface area contributed by atoms with E-state index in [-0.39, 0.29) is 0 Å². The summed E-state index contributed by atoms with van der Waals surface area (Å²) in [7, 11) is 0. The third-order valence-corrected chi connectivity index (χ3v) is 8.21. The lowest BCUT2D eigenvalue weighted by molar-refractivity contribution is 0.601. The van der Waals surface area contributed by atoms with Crippen LogP contribution in [0.25, 0.3) is 44.3 Å². The molecule has 0 aliphatic rings. The Morgan fingerprint density at radius 1 is 0.375 bits per heavy atom. The van der Waals surface area contributed by atoms with Crippen LogP contribution in [0.4, 0.5) is 0 Å². The fourth-order valence-corrected chi connectivity index (χ4v) is 5.04. The van der Waals surface area contributed by atoms with Crippen molar-refractivity contribution < 1.29 is 17.7 Å². The molecule has 4 aromatic carbocycles. The number of hydrogen-bond donors (Lipinski definition) is 0. The third-order valence-electron chi connectivity index (χ3n) is 8.21. The van der Waals surface area contributed by atoms with Crippen molar-refractivity contribution in [3.8, 4) is 0 Å². The van der Waals surface area contributed by atoms with E-state index in [1.165, 1.54) is 46.8 Å². The van der Waals surface area contributed by atoms with Crippen LogP contribution in [0.1, 0.15) is 101 Å². The van der Waals surface area contributed by atoms with Gasteiger partial charge in [0.2, 0.25) is 0 Å². The number of aromatic nitrogens is 3. The first-order valence-corrected chi connectivity index (χ1v) is 16.6. The second-order valence-electron chi connectivity index (χ2n) is 13.1. The molecular weight excluding hydrogens is 598 g/mol. The van der Waals surface area contributed by atoms with E-state index < -0.39 is 0 Å². The van der Waals surface area contributed by atoms with Gasteiger partial charge in [0.1, 0.15) is 22.1 Å². The Morgan fingerprint density at radius 3 is 1.31 bits per heavy atom. The fourth-order valence-electron chi connectivity index (χ4n) is 5.04. The molecule has 7 heteroatoms. The molecule has 48 heavy (non-hydrogen) atoms. The summed E-state index contributed by atoms with van der Waals surface area (Å²) < 4.78 is 20.8. The van der Waals surface area contributed by atoms with Crippen molar-refractivity contribution in [1.82, 2.24) is 15.0 Å². The molecule has 0 saturated carbocycles. The number of nitrogens with zero attached hydrogens (tertiary/aromatic N) is 3. The molecule has 8 rings (SSSR count). The Kier molecular flexibility index (Phi) is 11.1. The molecule has 4 aromatic heterocycles. The lowest BCUT2D eigenvalue weighted by atomic mass is 10.0. The van der Waals surface area contributed by atoms with Crippen LogP contribution in [0.3, 0.4) is 0 Å². The van der Waals surface area contributed by atoms with E-state index in [9.17, 15) is 0 Å².